The number of carbonyl (C=O) groups excluding carboxylic acids is 3. The number of methoxy groups -OCH3 is 1. The molecule has 0 unspecified atom stereocenters. The molecule has 7 rings (SSSR count). The number of nitrogens with one attached hydrogen (secondary N) is 3. The molecule has 4 aromatic carbocycles. The maximum atomic E-state index is 13.4. The molecule has 0 saturated carbocycles. The van der Waals surface area contributed by atoms with E-state index in [0.717, 1.165) is 80.3 Å². The zero-order valence-corrected chi connectivity index (χ0v) is 31.4. The number of fused-ring (bicyclic) bond motifs is 6. The molecular weight excluding hydrogens is 697 g/mol. The fourth-order valence-corrected chi connectivity index (χ4v) is 7.04. The van der Waals surface area contributed by atoms with Gasteiger partial charge in [0.2, 0.25) is 11.8 Å². The van der Waals surface area contributed by atoms with Gasteiger partial charge in [0, 0.05) is 24.0 Å². The Labute approximate surface area is 319 Å². The highest BCUT2D eigenvalue weighted by Gasteiger charge is 2.24. The molecule has 0 aliphatic carbocycles. The molecule has 2 aromatic heterocycles. The molecule has 1 atom stereocenters. The van der Waals surface area contributed by atoms with Crippen LogP contribution in [-0.2, 0) is 34.0 Å². The number of aromatic amines is 2. The molecule has 6 aromatic rings. The number of nitrogens with two attached hydrogens (primary N) is 1. The van der Waals surface area contributed by atoms with Gasteiger partial charge in [0.25, 0.3) is 0 Å². The molecule has 3 heterocycles. The summed E-state index contributed by atoms with van der Waals surface area (Å²) in [6.45, 7) is 6.08. The van der Waals surface area contributed by atoms with Gasteiger partial charge in [0.1, 0.15) is 36.6 Å². The highest BCUT2D eigenvalue weighted by Crippen LogP contribution is 2.42. The molecule has 3 amide bonds. The number of alkyl carbamates (subject to hydrolysis) is 1. The summed E-state index contributed by atoms with van der Waals surface area (Å²) in [4.78, 5) is 57.7. The molecule has 13 nitrogen and oxygen atoms in total. The van der Waals surface area contributed by atoms with E-state index in [9.17, 15) is 14.4 Å². The Balaban J connectivity index is 1.09. The molecule has 0 bridgehead atoms. The van der Waals surface area contributed by atoms with Gasteiger partial charge in [-0.2, -0.15) is 0 Å². The molecular formula is C42H46N8O5. The molecule has 13 heteroatoms. The molecule has 1 aliphatic heterocycles. The largest absolute Gasteiger partial charge is 0.488 e. The van der Waals surface area contributed by atoms with E-state index in [2.05, 4.69) is 62.3 Å². The Morgan fingerprint density at radius 1 is 0.927 bits per heavy atom. The minimum absolute atomic E-state index is 0.135. The summed E-state index contributed by atoms with van der Waals surface area (Å²) < 4.78 is 11.0. The zero-order valence-electron chi connectivity index (χ0n) is 31.4. The lowest BCUT2D eigenvalue weighted by Crippen LogP contribution is -2.40. The van der Waals surface area contributed by atoms with Crippen LogP contribution in [0.15, 0.2) is 79.0 Å². The number of unbranched alkanes of at least 4 members (excludes halogenated alkanes) is 1. The second kappa shape index (κ2) is 16.4. The number of ether oxygens (including phenoxy) is 2. The van der Waals surface area contributed by atoms with E-state index in [1.54, 1.807) is 16.0 Å². The smallest absolute Gasteiger partial charge is 0.407 e. The first-order valence-corrected chi connectivity index (χ1v) is 18.7. The Morgan fingerprint density at radius 3 is 2.53 bits per heavy atom. The third-order valence-corrected chi connectivity index (χ3v) is 9.95. The van der Waals surface area contributed by atoms with Crippen LogP contribution < -0.4 is 15.8 Å². The molecule has 1 aliphatic rings. The zero-order chi connectivity index (χ0) is 38.5. The van der Waals surface area contributed by atoms with Crippen LogP contribution in [0.4, 0.5) is 4.79 Å². The maximum Gasteiger partial charge on any atom is 0.407 e. The van der Waals surface area contributed by atoms with Crippen molar-refractivity contribution in [2.75, 3.05) is 26.7 Å². The molecule has 284 valence electrons. The van der Waals surface area contributed by atoms with Crippen molar-refractivity contribution in [3.63, 3.8) is 0 Å². The van der Waals surface area contributed by atoms with Crippen molar-refractivity contribution in [2.24, 2.45) is 5.73 Å². The van der Waals surface area contributed by atoms with Gasteiger partial charge in [0.05, 0.1) is 43.1 Å². The topological polar surface area (TPSA) is 172 Å². The average molecular weight is 743 g/mol. The van der Waals surface area contributed by atoms with Crippen molar-refractivity contribution in [2.45, 2.75) is 58.8 Å². The molecule has 55 heavy (non-hydrogen) atoms. The molecule has 0 saturated heterocycles. The first-order valence-electron chi connectivity index (χ1n) is 18.7. The number of hydrogen-bond donors (Lipinski definition) is 4. The van der Waals surface area contributed by atoms with Gasteiger partial charge < -0.3 is 40.3 Å². The van der Waals surface area contributed by atoms with Crippen LogP contribution in [0.1, 0.15) is 61.9 Å². The first kappa shape index (κ1) is 37.1. The minimum Gasteiger partial charge on any atom is -0.488 e. The van der Waals surface area contributed by atoms with Crippen LogP contribution in [0, 0.1) is 0 Å². The Hall–Kier alpha value is -6.21. The van der Waals surface area contributed by atoms with E-state index in [1.807, 2.05) is 49.4 Å². The summed E-state index contributed by atoms with van der Waals surface area (Å²) in [5.74, 6) is 1.77. The molecule has 0 fully saturated rings. The minimum atomic E-state index is -0.738. The highest BCUT2D eigenvalue weighted by molar-refractivity contribution is 6.07. The van der Waals surface area contributed by atoms with Crippen LogP contribution in [-0.4, -0.2) is 74.4 Å². The number of amides is 3. The lowest BCUT2D eigenvalue weighted by Gasteiger charge is -2.24. The van der Waals surface area contributed by atoms with E-state index in [1.165, 1.54) is 7.11 Å². The summed E-state index contributed by atoms with van der Waals surface area (Å²) in [6.07, 6.45) is 3.70. The van der Waals surface area contributed by atoms with E-state index in [-0.39, 0.29) is 24.9 Å². The van der Waals surface area contributed by atoms with Crippen LogP contribution in [0.3, 0.4) is 0 Å². The third-order valence-electron chi connectivity index (χ3n) is 9.95. The number of H-pyrrole nitrogens is 2. The first-order chi connectivity index (χ1) is 26.8. The fraction of sp³-hybridized carbons (Fsp3) is 0.310. The SMILES string of the molecule is CCCCN(Cc1nc2c(ccc3cc4c(cc32)OCc2cc(-c3cnc(CN(CCC)C(=O)[C@H](N)c5ccccc5)[nH]3)ccc2-4)[nH]1)C(=O)CNC(=O)OC. The van der Waals surface area contributed by atoms with Gasteiger partial charge in [0.15, 0.2) is 0 Å². The number of aromatic nitrogens is 4. The summed E-state index contributed by atoms with van der Waals surface area (Å²) >= 11 is 0. The Bertz CT molecular complexity index is 2340. The number of benzene rings is 4. The average Bonchev–Trinajstić information content (AvgIpc) is 3.87. The fourth-order valence-electron chi connectivity index (χ4n) is 7.04. The van der Waals surface area contributed by atoms with E-state index < -0.39 is 12.1 Å². The number of hydrogen-bond acceptors (Lipinski definition) is 8. The Morgan fingerprint density at radius 2 is 1.75 bits per heavy atom. The number of rotatable bonds is 14. The van der Waals surface area contributed by atoms with E-state index in [0.29, 0.717) is 37.9 Å². The molecule has 0 spiro atoms. The second-order valence-corrected chi connectivity index (χ2v) is 13.8. The summed E-state index contributed by atoms with van der Waals surface area (Å²) in [5.41, 5.74) is 13.8. The normalized spacial score (nSPS) is 12.4. The van der Waals surface area contributed by atoms with Gasteiger partial charge >= 0.3 is 6.09 Å². The number of carbonyl (C=O) groups is 3. The maximum absolute atomic E-state index is 13.4. The van der Waals surface area contributed by atoms with Crippen LogP contribution >= 0.6 is 0 Å². The summed E-state index contributed by atoms with van der Waals surface area (Å²) in [7, 11) is 1.27. The number of nitrogens with zero attached hydrogens (tertiary/aromatic N) is 4. The van der Waals surface area contributed by atoms with Crippen molar-refractivity contribution in [3.8, 4) is 28.1 Å². The van der Waals surface area contributed by atoms with Crippen molar-refractivity contribution in [1.82, 2.24) is 35.1 Å². The highest BCUT2D eigenvalue weighted by atomic mass is 16.5. The second-order valence-electron chi connectivity index (χ2n) is 13.8. The van der Waals surface area contributed by atoms with Crippen molar-refractivity contribution in [1.29, 1.82) is 0 Å². The van der Waals surface area contributed by atoms with Gasteiger partial charge in [-0.15, -0.1) is 0 Å². The molecule has 0 radical (unpaired) electrons. The lowest BCUT2D eigenvalue weighted by atomic mass is 9.92. The monoisotopic (exact) mass is 742 g/mol. The van der Waals surface area contributed by atoms with E-state index in [4.69, 9.17) is 15.5 Å². The van der Waals surface area contributed by atoms with Gasteiger partial charge in [-0.25, -0.2) is 14.8 Å². The van der Waals surface area contributed by atoms with Crippen LogP contribution in [0.25, 0.3) is 44.2 Å². The third kappa shape index (κ3) is 8.02. The van der Waals surface area contributed by atoms with E-state index >= 15 is 0 Å². The summed E-state index contributed by atoms with van der Waals surface area (Å²) in [5, 5.41) is 4.44. The van der Waals surface area contributed by atoms with Crippen LogP contribution in [0.2, 0.25) is 0 Å². The number of imidazole rings is 2. The lowest BCUT2D eigenvalue weighted by molar-refractivity contribution is -0.133. The standard InChI is InChI=1S/C42H46N8O5/c1-4-6-17-49(38(51)22-45-42(53)54-3)24-37-46-33-15-13-27-19-32-30-14-12-28(18-29(30)25-55-35(32)20-31(27)40(33)48-37)34-21-44-36(47-34)23-50(16-5-2)41(52)39(43)26-10-8-7-9-11-26/h7-15,18-21,39H,4-6,16-17,22-25,43H2,1-3H3,(H,44,47)(H,45,53)(H,46,48)/t39-/m1/s1. The molecule has 5 N–H and O–H groups in total. The van der Waals surface area contributed by atoms with Gasteiger partial charge in [-0.1, -0.05) is 68.8 Å². The van der Waals surface area contributed by atoms with Crippen molar-refractivity contribution in [3.05, 3.63) is 102 Å². The predicted molar refractivity (Wildman–Crippen MR) is 211 cm³/mol. The van der Waals surface area contributed by atoms with Gasteiger partial charge in [-0.05, 0) is 64.7 Å². The van der Waals surface area contributed by atoms with Gasteiger partial charge in [-0.3, -0.25) is 9.59 Å². The Kier molecular flexibility index (Phi) is 11.1. The summed E-state index contributed by atoms with van der Waals surface area (Å²) in [6, 6.07) is 23.3. The van der Waals surface area contributed by atoms with Crippen molar-refractivity contribution < 1.29 is 23.9 Å². The predicted octanol–water partition coefficient (Wildman–Crippen LogP) is 6.59. The quantitative estimate of drug-likeness (QED) is 0.0969. The van der Waals surface area contributed by atoms with Crippen molar-refractivity contribution >= 4 is 39.7 Å². The van der Waals surface area contributed by atoms with Crippen LogP contribution in [0.5, 0.6) is 5.75 Å².